The summed E-state index contributed by atoms with van der Waals surface area (Å²) in [5.41, 5.74) is 3.37. The van der Waals surface area contributed by atoms with Crippen molar-refractivity contribution in [2.75, 3.05) is 0 Å². The predicted molar refractivity (Wildman–Crippen MR) is 112 cm³/mol. The number of benzene rings is 3. The van der Waals surface area contributed by atoms with Crippen LogP contribution in [0.1, 0.15) is 11.1 Å². The van der Waals surface area contributed by atoms with E-state index in [1.165, 1.54) is 16.7 Å². The number of alkyl halides is 3. The molecule has 1 aromatic heterocycles. The first-order valence-corrected chi connectivity index (χ1v) is 9.43. The molecule has 0 aliphatic carbocycles. The molecule has 0 aliphatic heterocycles. The van der Waals surface area contributed by atoms with Crippen molar-refractivity contribution in [3.63, 3.8) is 0 Å². The van der Waals surface area contributed by atoms with Crippen LogP contribution in [0.4, 0.5) is 13.2 Å². The lowest BCUT2D eigenvalue weighted by Crippen LogP contribution is -2.19. The summed E-state index contributed by atoms with van der Waals surface area (Å²) in [7, 11) is 0. The van der Waals surface area contributed by atoms with Crippen LogP contribution in [0.5, 0.6) is 0 Å². The van der Waals surface area contributed by atoms with E-state index in [2.05, 4.69) is 0 Å². The van der Waals surface area contributed by atoms with E-state index in [1.54, 1.807) is 18.3 Å². The Labute approximate surface area is 171 Å². The molecule has 0 atom stereocenters. The SMILES string of the molecule is O=c1ccc(-c2ccc(-c3ccccc3)cc2)cn1Cc1cccc(C(F)(F)F)c1. The Morgan fingerprint density at radius 1 is 0.667 bits per heavy atom. The molecule has 3 aromatic carbocycles. The fourth-order valence-corrected chi connectivity index (χ4v) is 3.35. The monoisotopic (exact) mass is 405 g/mol. The van der Waals surface area contributed by atoms with Crippen molar-refractivity contribution in [3.05, 3.63) is 119 Å². The largest absolute Gasteiger partial charge is 0.416 e. The third kappa shape index (κ3) is 4.35. The molecule has 4 rings (SSSR count). The van der Waals surface area contributed by atoms with Gasteiger partial charge in [0.05, 0.1) is 12.1 Å². The molecular formula is C25H18F3NO. The molecule has 0 fully saturated rings. The van der Waals surface area contributed by atoms with Crippen LogP contribution in [0.2, 0.25) is 0 Å². The second-order valence-corrected chi connectivity index (χ2v) is 7.03. The van der Waals surface area contributed by atoms with Gasteiger partial charge in [-0.05, 0) is 46.0 Å². The predicted octanol–water partition coefficient (Wildman–Crippen LogP) is 6.25. The van der Waals surface area contributed by atoms with Gasteiger partial charge >= 0.3 is 6.18 Å². The van der Waals surface area contributed by atoms with Crippen molar-refractivity contribution in [3.8, 4) is 22.3 Å². The lowest BCUT2D eigenvalue weighted by molar-refractivity contribution is -0.137. The van der Waals surface area contributed by atoms with Gasteiger partial charge in [0.1, 0.15) is 0 Å². The fraction of sp³-hybridized carbons (Fsp3) is 0.0800. The summed E-state index contributed by atoms with van der Waals surface area (Å²) in [6.07, 6.45) is -2.73. The van der Waals surface area contributed by atoms with Crippen LogP contribution < -0.4 is 5.56 Å². The van der Waals surface area contributed by atoms with Crippen LogP contribution in [0, 0.1) is 0 Å². The maximum absolute atomic E-state index is 13.0. The minimum Gasteiger partial charge on any atom is -0.310 e. The van der Waals surface area contributed by atoms with Crippen LogP contribution in [0.3, 0.4) is 0 Å². The Bertz CT molecular complexity index is 1210. The smallest absolute Gasteiger partial charge is 0.310 e. The molecular weight excluding hydrogens is 387 g/mol. The minimum absolute atomic E-state index is 0.0681. The number of nitrogens with zero attached hydrogens (tertiary/aromatic N) is 1. The molecule has 0 saturated carbocycles. The highest BCUT2D eigenvalue weighted by molar-refractivity contribution is 5.69. The molecule has 0 amide bonds. The van der Waals surface area contributed by atoms with Crippen molar-refractivity contribution in [2.24, 2.45) is 0 Å². The molecule has 0 N–H and O–H groups in total. The molecule has 0 radical (unpaired) electrons. The molecule has 5 heteroatoms. The molecule has 0 saturated heterocycles. The van der Waals surface area contributed by atoms with E-state index >= 15 is 0 Å². The van der Waals surface area contributed by atoms with Crippen LogP contribution in [0.15, 0.2) is 102 Å². The summed E-state index contributed by atoms with van der Waals surface area (Å²) >= 11 is 0. The van der Waals surface area contributed by atoms with Gasteiger partial charge in [-0.1, -0.05) is 66.7 Å². The van der Waals surface area contributed by atoms with Crippen molar-refractivity contribution >= 4 is 0 Å². The maximum atomic E-state index is 13.0. The number of rotatable bonds is 4. The van der Waals surface area contributed by atoms with Crippen LogP contribution in [-0.2, 0) is 12.7 Å². The van der Waals surface area contributed by atoms with E-state index < -0.39 is 11.7 Å². The van der Waals surface area contributed by atoms with Gasteiger partial charge in [-0.3, -0.25) is 4.79 Å². The van der Waals surface area contributed by atoms with E-state index in [-0.39, 0.29) is 12.1 Å². The average Bonchev–Trinajstić information content (AvgIpc) is 2.76. The topological polar surface area (TPSA) is 22.0 Å². The van der Waals surface area contributed by atoms with Crippen molar-refractivity contribution in [1.82, 2.24) is 4.57 Å². The van der Waals surface area contributed by atoms with Gasteiger partial charge in [-0.2, -0.15) is 13.2 Å². The Morgan fingerprint density at radius 3 is 1.93 bits per heavy atom. The standard InChI is InChI=1S/C25H18F3NO/c26-25(27,28)23-8-4-5-18(15-23)16-29-17-22(13-14-24(29)30)21-11-9-20(10-12-21)19-6-2-1-3-7-19/h1-15,17H,16H2. The highest BCUT2D eigenvalue weighted by Gasteiger charge is 2.30. The summed E-state index contributed by atoms with van der Waals surface area (Å²) in [4.78, 5) is 12.3. The Morgan fingerprint density at radius 2 is 1.27 bits per heavy atom. The van der Waals surface area contributed by atoms with E-state index in [9.17, 15) is 18.0 Å². The van der Waals surface area contributed by atoms with Crippen LogP contribution in [0.25, 0.3) is 22.3 Å². The van der Waals surface area contributed by atoms with Gasteiger partial charge in [0.15, 0.2) is 0 Å². The van der Waals surface area contributed by atoms with E-state index in [0.29, 0.717) is 5.56 Å². The molecule has 150 valence electrons. The average molecular weight is 405 g/mol. The van der Waals surface area contributed by atoms with Crippen LogP contribution in [-0.4, -0.2) is 4.57 Å². The number of aromatic nitrogens is 1. The first-order valence-electron chi connectivity index (χ1n) is 9.43. The van der Waals surface area contributed by atoms with Gasteiger partial charge in [0, 0.05) is 12.3 Å². The van der Waals surface area contributed by atoms with Crippen molar-refractivity contribution in [1.29, 1.82) is 0 Å². The van der Waals surface area contributed by atoms with Gasteiger partial charge in [0.25, 0.3) is 5.56 Å². The third-order valence-electron chi connectivity index (χ3n) is 4.92. The van der Waals surface area contributed by atoms with Gasteiger partial charge in [-0.25, -0.2) is 0 Å². The minimum atomic E-state index is -4.41. The molecule has 0 spiro atoms. The Kier molecular flexibility index (Phi) is 5.27. The first kappa shape index (κ1) is 19.7. The summed E-state index contributed by atoms with van der Waals surface area (Å²) in [6, 6.07) is 26.1. The number of hydrogen-bond donors (Lipinski definition) is 0. The molecule has 30 heavy (non-hydrogen) atoms. The van der Waals surface area contributed by atoms with E-state index in [4.69, 9.17) is 0 Å². The van der Waals surface area contributed by atoms with E-state index in [0.717, 1.165) is 34.4 Å². The summed E-state index contributed by atoms with van der Waals surface area (Å²) in [6.45, 7) is 0.0681. The Balaban J connectivity index is 1.62. The number of halogens is 3. The van der Waals surface area contributed by atoms with Crippen molar-refractivity contribution < 1.29 is 13.2 Å². The zero-order valence-corrected chi connectivity index (χ0v) is 15.9. The molecule has 0 unspecified atom stereocenters. The van der Waals surface area contributed by atoms with Crippen LogP contribution >= 0.6 is 0 Å². The van der Waals surface area contributed by atoms with E-state index in [1.807, 2.05) is 54.6 Å². The van der Waals surface area contributed by atoms with Crippen molar-refractivity contribution in [2.45, 2.75) is 12.7 Å². The summed E-state index contributed by atoms with van der Waals surface area (Å²) in [5.74, 6) is 0. The normalized spacial score (nSPS) is 11.4. The highest BCUT2D eigenvalue weighted by atomic mass is 19.4. The summed E-state index contributed by atoms with van der Waals surface area (Å²) in [5, 5.41) is 0. The molecule has 0 bridgehead atoms. The lowest BCUT2D eigenvalue weighted by atomic mass is 10.0. The molecule has 4 aromatic rings. The quantitative estimate of drug-likeness (QED) is 0.393. The number of pyridine rings is 1. The second kappa shape index (κ2) is 8.03. The fourth-order valence-electron chi connectivity index (χ4n) is 3.35. The Hall–Kier alpha value is -3.60. The lowest BCUT2D eigenvalue weighted by Gasteiger charge is -2.12. The number of hydrogen-bond acceptors (Lipinski definition) is 1. The molecule has 0 aliphatic rings. The first-order chi connectivity index (χ1) is 14.4. The molecule has 1 heterocycles. The van der Waals surface area contributed by atoms with Gasteiger partial charge in [0.2, 0.25) is 0 Å². The maximum Gasteiger partial charge on any atom is 0.416 e. The summed E-state index contributed by atoms with van der Waals surface area (Å²) < 4.78 is 40.3. The zero-order chi connectivity index (χ0) is 21.1. The molecule has 2 nitrogen and oxygen atoms in total. The second-order valence-electron chi connectivity index (χ2n) is 7.03. The highest BCUT2D eigenvalue weighted by Crippen LogP contribution is 2.30. The third-order valence-corrected chi connectivity index (χ3v) is 4.92. The zero-order valence-electron chi connectivity index (χ0n) is 15.9. The van der Waals surface area contributed by atoms with Gasteiger partial charge in [-0.15, -0.1) is 0 Å². The van der Waals surface area contributed by atoms with Gasteiger partial charge < -0.3 is 4.57 Å².